The van der Waals surface area contributed by atoms with Crippen LogP contribution in [0, 0.1) is 0 Å². The molecule has 1 N–H and O–H groups in total. The number of rotatable bonds is 9. The zero-order valence-corrected chi connectivity index (χ0v) is 15.9. The molecule has 2 aromatic rings. The van der Waals surface area contributed by atoms with Crippen LogP contribution in [0.25, 0.3) is 0 Å². The first kappa shape index (κ1) is 21.0. The summed E-state index contributed by atoms with van der Waals surface area (Å²) in [6.07, 6.45) is 0.839. The zero-order valence-electron chi connectivity index (χ0n) is 15.9. The predicted octanol–water partition coefficient (Wildman–Crippen LogP) is 2.99. The fourth-order valence-corrected chi connectivity index (χ4v) is 2.27. The zero-order chi connectivity index (χ0) is 20.4. The van der Waals surface area contributed by atoms with E-state index in [9.17, 15) is 14.4 Å². The van der Waals surface area contributed by atoms with Crippen molar-refractivity contribution in [2.75, 3.05) is 19.8 Å². The van der Waals surface area contributed by atoms with Gasteiger partial charge in [0.2, 0.25) is 0 Å². The van der Waals surface area contributed by atoms with Gasteiger partial charge in [-0.2, -0.15) is 0 Å². The van der Waals surface area contributed by atoms with Crippen LogP contribution in [0.2, 0.25) is 0 Å². The second kappa shape index (κ2) is 10.7. The number of esters is 1. The standard InChI is InChI=1S/C21H23NO6/c1-3-12-27-17-11-10-16(13-18(17)26-4-2)21(25)28-14-19(23)22-20(24)15-8-6-5-7-9-15/h5-11,13H,3-4,12,14H2,1-2H3,(H,22,23,24). The summed E-state index contributed by atoms with van der Waals surface area (Å²) in [5, 5.41) is 2.17. The Kier molecular flexibility index (Phi) is 8.02. The van der Waals surface area contributed by atoms with Crippen LogP contribution >= 0.6 is 0 Å². The summed E-state index contributed by atoms with van der Waals surface area (Å²) in [4.78, 5) is 36.0. The largest absolute Gasteiger partial charge is 0.490 e. The van der Waals surface area contributed by atoms with E-state index in [2.05, 4.69) is 5.32 Å². The lowest BCUT2D eigenvalue weighted by Gasteiger charge is -2.12. The highest BCUT2D eigenvalue weighted by Gasteiger charge is 2.16. The van der Waals surface area contributed by atoms with Crippen molar-refractivity contribution >= 4 is 17.8 Å². The Morgan fingerprint density at radius 1 is 0.893 bits per heavy atom. The van der Waals surface area contributed by atoms with E-state index in [0.29, 0.717) is 30.3 Å². The van der Waals surface area contributed by atoms with E-state index in [4.69, 9.17) is 14.2 Å². The second-order valence-electron chi connectivity index (χ2n) is 5.76. The quantitative estimate of drug-likeness (QED) is 0.668. The van der Waals surface area contributed by atoms with Gasteiger partial charge >= 0.3 is 5.97 Å². The molecule has 28 heavy (non-hydrogen) atoms. The molecule has 2 rings (SSSR count). The molecule has 0 spiro atoms. The molecule has 0 aromatic heterocycles. The molecular formula is C21H23NO6. The van der Waals surface area contributed by atoms with Gasteiger partial charge in [-0.25, -0.2) is 4.79 Å². The summed E-state index contributed by atoms with van der Waals surface area (Å²) >= 11 is 0. The number of carbonyl (C=O) groups excluding carboxylic acids is 3. The van der Waals surface area contributed by atoms with Crippen LogP contribution in [0.15, 0.2) is 48.5 Å². The van der Waals surface area contributed by atoms with Crippen molar-refractivity contribution in [3.05, 3.63) is 59.7 Å². The van der Waals surface area contributed by atoms with E-state index in [0.717, 1.165) is 6.42 Å². The maximum absolute atomic E-state index is 12.2. The molecule has 0 fully saturated rings. The van der Waals surface area contributed by atoms with Crippen molar-refractivity contribution in [3.63, 3.8) is 0 Å². The summed E-state index contributed by atoms with van der Waals surface area (Å²) < 4.78 is 16.1. The van der Waals surface area contributed by atoms with Crippen molar-refractivity contribution in [3.8, 4) is 11.5 Å². The number of nitrogens with one attached hydrogen (secondary N) is 1. The number of hydrogen-bond donors (Lipinski definition) is 1. The van der Waals surface area contributed by atoms with Gasteiger partial charge in [0, 0.05) is 5.56 Å². The van der Waals surface area contributed by atoms with Crippen LogP contribution in [0.3, 0.4) is 0 Å². The molecule has 2 aromatic carbocycles. The topological polar surface area (TPSA) is 90.9 Å². The Hall–Kier alpha value is -3.35. The first-order valence-electron chi connectivity index (χ1n) is 9.01. The van der Waals surface area contributed by atoms with Crippen LogP contribution in [0.5, 0.6) is 11.5 Å². The average molecular weight is 385 g/mol. The van der Waals surface area contributed by atoms with Gasteiger partial charge in [-0.15, -0.1) is 0 Å². The molecule has 0 heterocycles. The molecule has 0 radical (unpaired) electrons. The smallest absolute Gasteiger partial charge is 0.338 e. The lowest BCUT2D eigenvalue weighted by Crippen LogP contribution is -2.34. The van der Waals surface area contributed by atoms with Crippen molar-refractivity contribution < 1.29 is 28.6 Å². The molecule has 0 aliphatic rings. The summed E-state index contributed by atoms with van der Waals surface area (Å²) in [5.41, 5.74) is 0.556. The third-order valence-electron chi connectivity index (χ3n) is 3.56. The lowest BCUT2D eigenvalue weighted by atomic mass is 10.2. The first-order valence-corrected chi connectivity index (χ1v) is 9.01. The maximum Gasteiger partial charge on any atom is 0.338 e. The fraction of sp³-hybridized carbons (Fsp3) is 0.286. The number of hydrogen-bond acceptors (Lipinski definition) is 6. The molecule has 0 atom stereocenters. The van der Waals surface area contributed by atoms with Gasteiger partial charge in [-0.3, -0.25) is 14.9 Å². The number of benzene rings is 2. The van der Waals surface area contributed by atoms with E-state index in [1.165, 1.54) is 12.1 Å². The minimum atomic E-state index is -0.713. The van der Waals surface area contributed by atoms with Crippen LogP contribution in [-0.2, 0) is 9.53 Å². The molecule has 7 heteroatoms. The molecule has 0 unspecified atom stereocenters. The van der Waals surface area contributed by atoms with Gasteiger partial charge in [0.25, 0.3) is 11.8 Å². The molecule has 7 nitrogen and oxygen atoms in total. The van der Waals surface area contributed by atoms with Crippen molar-refractivity contribution in [1.29, 1.82) is 0 Å². The van der Waals surface area contributed by atoms with Gasteiger partial charge in [-0.1, -0.05) is 25.1 Å². The predicted molar refractivity (Wildman–Crippen MR) is 103 cm³/mol. The molecule has 2 amide bonds. The Bertz CT molecular complexity index is 819. The number of amides is 2. The van der Waals surface area contributed by atoms with E-state index >= 15 is 0 Å². The van der Waals surface area contributed by atoms with Gasteiger partial charge in [0.05, 0.1) is 18.8 Å². The van der Waals surface area contributed by atoms with Crippen molar-refractivity contribution in [1.82, 2.24) is 5.32 Å². The molecule has 0 saturated carbocycles. The molecule has 148 valence electrons. The van der Waals surface area contributed by atoms with Gasteiger partial charge in [-0.05, 0) is 43.7 Å². The van der Waals surface area contributed by atoms with E-state index in [1.54, 1.807) is 36.4 Å². The highest BCUT2D eigenvalue weighted by molar-refractivity contribution is 6.05. The Morgan fingerprint density at radius 2 is 1.64 bits per heavy atom. The highest BCUT2D eigenvalue weighted by atomic mass is 16.5. The summed E-state index contributed by atoms with van der Waals surface area (Å²) in [6.45, 7) is 4.17. The van der Waals surface area contributed by atoms with Crippen molar-refractivity contribution in [2.24, 2.45) is 0 Å². The van der Waals surface area contributed by atoms with Gasteiger partial charge < -0.3 is 14.2 Å². The normalized spacial score (nSPS) is 10.1. The highest BCUT2D eigenvalue weighted by Crippen LogP contribution is 2.29. The van der Waals surface area contributed by atoms with Crippen LogP contribution < -0.4 is 14.8 Å². The van der Waals surface area contributed by atoms with E-state index in [-0.39, 0.29) is 5.56 Å². The third kappa shape index (κ3) is 6.12. The molecular weight excluding hydrogens is 362 g/mol. The van der Waals surface area contributed by atoms with E-state index in [1.807, 2.05) is 13.8 Å². The minimum absolute atomic E-state index is 0.217. The van der Waals surface area contributed by atoms with E-state index < -0.39 is 24.4 Å². The summed E-state index contributed by atoms with van der Waals surface area (Å²) in [5.74, 6) is -1.02. The summed E-state index contributed by atoms with van der Waals surface area (Å²) in [7, 11) is 0. The second-order valence-corrected chi connectivity index (χ2v) is 5.76. The minimum Gasteiger partial charge on any atom is -0.490 e. The number of ether oxygens (including phenoxy) is 3. The summed E-state index contributed by atoms with van der Waals surface area (Å²) in [6, 6.07) is 12.9. The average Bonchev–Trinajstić information content (AvgIpc) is 2.71. The van der Waals surface area contributed by atoms with Gasteiger partial charge in [0.15, 0.2) is 18.1 Å². The van der Waals surface area contributed by atoms with Crippen LogP contribution in [-0.4, -0.2) is 37.6 Å². The monoisotopic (exact) mass is 385 g/mol. The van der Waals surface area contributed by atoms with Crippen LogP contribution in [0.4, 0.5) is 0 Å². The fourth-order valence-electron chi connectivity index (χ4n) is 2.27. The molecule has 0 aliphatic heterocycles. The third-order valence-corrected chi connectivity index (χ3v) is 3.56. The lowest BCUT2D eigenvalue weighted by molar-refractivity contribution is -0.123. The Balaban J connectivity index is 1.93. The first-order chi connectivity index (χ1) is 13.5. The molecule has 0 bridgehead atoms. The maximum atomic E-state index is 12.2. The SMILES string of the molecule is CCCOc1ccc(C(=O)OCC(=O)NC(=O)c2ccccc2)cc1OCC. The van der Waals surface area contributed by atoms with Crippen molar-refractivity contribution in [2.45, 2.75) is 20.3 Å². The Labute approximate surface area is 163 Å². The van der Waals surface area contributed by atoms with Gasteiger partial charge in [0.1, 0.15) is 0 Å². The molecule has 0 aliphatic carbocycles. The number of carbonyl (C=O) groups is 3. The molecule has 0 saturated heterocycles. The number of imide groups is 1. The van der Waals surface area contributed by atoms with Crippen LogP contribution in [0.1, 0.15) is 41.0 Å². The Morgan fingerprint density at radius 3 is 2.32 bits per heavy atom.